The maximum absolute atomic E-state index is 12.6. The summed E-state index contributed by atoms with van der Waals surface area (Å²) >= 11 is 1.56. The van der Waals surface area contributed by atoms with E-state index in [2.05, 4.69) is 46.4 Å². The highest BCUT2D eigenvalue weighted by molar-refractivity contribution is 7.08. The van der Waals surface area contributed by atoms with E-state index in [4.69, 9.17) is 4.42 Å². The van der Waals surface area contributed by atoms with Gasteiger partial charge in [-0.25, -0.2) is 4.98 Å². The highest BCUT2D eigenvalue weighted by Gasteiger charge is 2.22. The quantitative estimate of drug-likeness (QED) is 0.499. The second kappa shape index (κ2) is 8.19. The topological polar surface area (TPSA) is 98.7 Å². The first-order chi connectivity index (χ1) is 14.4. The lowest BCUT2D eigenvalue weighted by Gasteiger charge is -2.13. The minimum atomic E-state index is -0.165. The zero-order chi connectivity index (χ0) is 21.1. The van der Waals surface area contributed by atoms with E-state index in [-0.39, 0.29) is 17.7 Å². The summed E-state index contributed by atoms with van der Waals surface area (Å²) in [5, 5.41) is 19.6. The number of carbonyl (C=O) groups excluding carboxylic acids is 1. The summed E-state index contributed by atoms with van der Waals surface area (Å²) in [7, 11) is 0. The van der Waals surface area contributed by atoms with Crippen molar-refractivity contribution in [2.24, 2.45) is 0 Å². The number of amides is 1. The maximum Gasteiger partial charge on any atom is 0.248 e. The molecule has 1 amide bonds. The smallest absolute Gasteiger partial charge is 0.248 e. The van der Waals surface area contributed by atoms with Crippen LogP contribution in [0.1, 0.15) is 38.8 Å². The molecule has 0 saturated heterocycles. The van der Waals surface area contributed by atoms with Crippen molar-refractivity contribution in [2.75, 3.05) is 5.32 Å². The van der Waals surface area contributed by atoms with Crippen molar-refractivity contribution < 1.29 is 9.21 Å². The van der Waals surface area contributed by atoms with Crippen LogP contribution in [0.4, 0.5) is 5.82 Å². The van der Waals surface area contributed by atoms with Crippen LogP contribution in [0.3, 0.4) is 0 Å². The predicted molar refractivity (Wildman–Crippen MR) is 115 cm³/mol. The molecule has 9 heteroatoms. The molecule has 4 aromatic rings. The molecule has 4 rings (SSSR count). The second-order valence-electron chi connectivity index (χ2n) is 7.83. The summed E-state index contributed by atoms with van der Waals surface area (Å²) in [6.07, 6.45) is 2.26. The van der Waals surface area contributed by atoms with Gasteiger partial charge >= 0.3 is 0 Å². The standard InChI is InChI=1S/C21H22N6O2S/c1-21(2,3)15-12-17(27(26-15)16-6-4-5-10-22-16)23-18(28)7-8-19-24-25-20(29-19)14-9-11-30-13-14/h4-6,9-13H,7-8H2,1-3H3,(H,23,28). The molecule has 4 heterocycles. The second-order valence-corrected chi connectivity index (χ2v) is 8.61. The van der Waals surface area contributed by atoms with Gasteiger partial charge in [-0.2, -0.15) is 21.1 Å². The van der Waals surface area contributed by atoms with Crippen molar-refractivity contribution in [3.05, 3.63) is 58.9 Å². The van der Waals surface area contributed by atoms with E-state index in [0.29, 0.717) is 29.8 Å². The third-order valence-corrected chi connectivity index (χ3v) is 5.10. The molecule has 30 heavy (non-hydrogen) atoms. The van der Waals surface area contributed by atoms with Crippen LogP contribution in [0.2, 0.25) is 0 Å². The number of nitrogens with zero attached hydrogens (tertiary/aromatic N) is 5. The maximum atomic E-state index is 12.6. The molecule has 0 aliphatic heterocycles. The highest BCUT2D eigenvalue weighted by atomic mass is 32.1. The van der Waals surface area contributed by atoms with Crippen molar-refractivity contribution in [1.82, 2.24) is 25.0 Å². The SMILES string of the molecule is CC(C)(C)c1cc(NC(=O)CCc2nnc(-c3ccsc3)o2)n(-c2ccccn2)n1. The number of anilines is 1. The largest absolute Gasteiger partial charge is 0.421 e. The summed E-state index contributed by atoms with van der Waals surface area (Å²) in [4.78, 5) is 17.0. The molecule has 4 aromatic heterocycles. The van der Waals surface area contributed by atoms with Crippen molar-refractivity contribution in [1.29, 1.82) is 0 Å². The molecular weight excluding hydrogens is 400 g/mol. The average molecular weight is 423 g/mol. The van der Waals surface area contributed by atoms with Crippen LogP contribution in [0, 0.1) is 0 Å². The summed E-state index contributed by atoms with van der Waals surface area (Å²) in [6, 6.07) is 9.37. The van der Waals surface area contributed by atoms with Crippen molar-refractivity contribution in [3.8, 4) is 17.3 Å². The molecule has 0 bridgehead atoms. The molecule has 0 atom stereocenters. The van der Waals surface area contributed by atoms with Crippen LogP contribution >= 0.6 is 11.3 Å². The molecule has 154 valence electrons. The van der Waals surface area contributed by atoms with E-state index in [1.54, 1.807) is 22.2 Å². The van der Waals surface area contributed by atoms with Gasteiger partial charge in [0, 0.05) is 41.5 Å². The Morgan fingerprint density at radius 2 is 2.10 bits per heavy atom. The third kappa shape index (κ3) is 4.46. The van der Waals surface area contributed by atoms with Gasteiger partial charge in [-0.15, -0.1) is 10.2 Å². The number of aromatic nitrogens is 5. The van der Waals surface area contributed by atoms with Crippen LogP contribution in [-0.4, -0.2) is 30.9 Å². The number of hydrogen-bond donors (Lipinski definition) is 1. The monoisotopic (exact) mass is 422 g/mol. The summed E-state index contributed by atoms with van der Waals surface area (Å²) in [6.45, 7) is 6.22. The minimum absolute atomic E-state index is 0.164. The van der Waals surface area contributed by atoms with E-state index < -0.39 is 0 Å². The van der Waals surface area contributed by atoms with Gasteiger partial charge < -0.3 is 9.73 Å². The third-order valence-electron chi connectivity index (χ3n) is 4.41. The Kier molecular flexibility index (Phi) is 5.45. The summed E-state index contributed by atoms with van der Waals surface area (Å²) < 4.78 is 7.30. The molecule has 0 spiro atoms. The molecular formula is C21H22N6O2S. The Balaban J connectivity index is 1.47. The molecule has 0 aliphatic rings. The average Bonchev–Trinajstić information content (AvgIpc) is 3.46. The number of aryl methyl sites for hydroxylation is 1. The molecule has 0 radical (unpaired) electrons. The molecule has 0 aliphatic carbocycles. The Labute approximate surface area is 178 Å². The zero-order valence-electron chi connectivity index (χ0n) is 17.0. The van der Waals surface area contributed by atoms with E-state index in [9.17, 15) is 4.79 Å². The van der Waals surface area contributed by atoms with Crippen LogP contribution in [0.5, 0.6) is 0 Å². The molecule has 0 unspecified atom stereocenters. The van der Waals surface area contributed by atoms with Gasteiger partial charge in [0.25, 0.3) is 0 Å². The first-order valence-electron chi connectivity index (χ1n) is 9.57. The van der Waals surface area contributed by atoms with Gasteiger partial charge in [0.05, 0.1) is 5.69 Å². The molecule has 0 fully saturated rings. The fourth-order valence-corrected chi connectivity index (χ4v) is 3.40. The van der Waals surface area contributed by atoms with Crippen LogP contribution in [0.15, 0.2) is 51.7 Å². The molecule has 0 saturated carbocycles. The fourth-order valence-electron chi connectivity index (χ4n) is 2.77. The lowest BCUT2D eigenvalue weighted by atomic mass is 9.92. The van der Waals surface area contributed by atoms with Gasteiger partial charge in [0.1, 0.15) is 5.82 Å². The first-order valence-corrected chi connectivity index (χ1v) is 10.5. The number of rotatable bonds is 6. The van der Waals surface area contributed by atoms with E-state index >= 15 is 0 Å². The van der Waals surface area contributed by atoms with Gasteiger partial charge in [-0.05, 0) is 23.6 Å². The normalized spacial score (nSPS) is 11.6. The number of carbonyl (C=O) groups is 1. The number of nitrogens with one attached hydrogen (secondary N) is 1. The Morgan fingerprint density at radius 1 is 1.23 bits per heavy atom. The Hall–Kier alpha value is -3.33. The molecule has 0 aromatic carbocycles. The van der Waals surface area contributed by atoms with Crippen molar-refractivity contribution in [3.63, 3.8) is 0 Å². The lowest BCUT2D eigenvalue weighted by Crippen LogP contribution is -2.16. The molecule has 8 nitrogen and oxygen atoms in total. The van der Waals surface area contributed by atoms with Crippen molar-refractivity contribution in [2.45, 2.75) is 39.0 Å². The molecule has 1 N–H and O–H groups in total. The highest BCUT2D eigenvalue weighted by Crippen LogP contribution is 2.26. The number of thiophene rings is 1. The zero-order valence-corrected chi connectivity index (χ0v) is 17.8. The van der Waals surface area contributed by atoms with E-state index in [1.165, 1.54) is 0 Å². The number of hydrogen-bond acceptors (Lipinski definition) is 7. The summed E-state index contributed by atoms with van der Waals surface area (Å²) in [5.74, 6) is 1.95. The van der Waals surface area contributed by atoms with Gasteiger partial charge in [0.2, 0.25) is 17.7 Å². The fraction of sp³-hybridized carbons (Fsp3) is 0.286. The van der Waals surface area contributed by atoms with E-state index in [0.717, 1.165) is 11.3 Å². The van der Waals surface area contributed by atoms with E-state index in [1.807, 2.05) is 41.1 Å². The lowest BCUT2D eigenvalue weighted by molar-refractivity contribution is -0.116. The predicted octanol–water partition coefficient (Wildman–Crippen LogP) is 4.25. The minimum Gasteiger partial charge on any atom is -0.421 e. The van der Waals surface area contributed by atoms with Gasteiger partial charge in [-0.3, -0.25) is 4.79 Å². The first kappa shape index (κ1) is 20.0. The van der Waals surface area contributed by atoms with Crippen LogP contribution < -0.4 is 5.32 Å². The Bertz CT molecular complexity index is 1130. The van der Waals surface area contributed by atoms with Gasteiger partial charge in [-0.1, -0.05) is 26.8 Å². The van der Waals surface area contributed by atoms with Gasteiger partial charge in [0.15, 0.2) is 5.82 Å². The Morgan fingerprint density at radius 3 is 2.80 bits per heavy atom. The van der Waals surface area contributed by atoms with Crippen molar-refractivity contribution >= 4 is 23.1 Å². The number of pyridine rings is 1. The van der Waals surface area contributed by atoms with Crippen LogP contribution in [-0.2, 0) is 16.6 Å². The summed E-state index contributed by atoms with van der Waals surface area (Å²) in [5.41, 5.74) is 1.58. The van der Waals surface area contributed by atoms with Crippen LogP contribution in [0.25, 0.3) is 17.3 Å².